The number of likely N-dealkylation sites (tertiary alicyclic amines) is 1. The number of hydrogen-bond acceptors (Lipinski definition) is 3. The van der Waals surface area contributed by atoms with Crippen molar-refractivity contribution in [3.63, 3.8) is 0 Å². The van der Waals surface area contributed by atoms with Crippen LogP contribution in [0, 0.1) is 5.92 Å². The number of guanidine groups is 1. The van der Waals surface area contributed by atoms with Crippen LogP contribution in [-0.2, 0) is 4.74 Å². The normalized spacial score (nSPS) is 18.7. The first-order chi connectivity index (χ1) is 10.8. The number of nitrogens with zero attached hydrogens (tertiary/aromatic N) is 2. The van der Waals surface area contributed by atoms with Crippen LogP contribution >= 0.6 is 11.8 Å². The molecule has 1 aliphatic rings. The second-order valence-electron chi connectivity index (χ2n) is 5.55. The number of rotatable bonds is 7. The van der Waals surface area contributed by atoms with Gasteiger partial charge in [0.25, 0.3) is 0 Å². The zero-order valence-electron chi connectivity index (χ0n) is 13.6. The molecular weight excluding hydrogens is 294 g/mol. The van der Waals surface area contributed by atoms with Crippen LogP contribution in [0.4, 0.5) is 0 Å². The average Bonchev–Trinajstić information content (AvgIpc) is 3.01. The molecule has 1 unspecified atom stereocenters. The van der Waals surface area contributed by atoms with Gasteiger partial charge in [-0.1, -0.05) is 18.2 Å². The van der Waals surface area contributed by atoms with Crippen molar-refractivity contribution in [2.24, 2.45) is 10.9 Å². The minimum Gasteiger partial charge on any atom is -0.384 e. The number of aliphatic imine (C=N–C) groups is 1. The van der Waals surface area contributed by atoms with Crippen molar-refractivity contribution >= 4 is 17.7 Å². The van der Waals surface area contributed by atoms with Crippen molar-refractivity contribution < 1.29 is 4.74 Å². The molecule has 22 heavy (non-hydrogen) atoms. The summed E-state index contributed by atoms with van der Waals surface area (Å²) < 4.78 is 5.25. The van der Waals surface area contributed by atoms with Crippen molar-refractivity contribution in [1.82, 2.24) is 10.2 Å². The van der Waals surface area contributed by atoms with E-state index in [1.807, 2.05) is 18.8 Å². The first-order valence-corrected chi connectivity index (χ1v) is 8.94. The summed E-state index contributed by atoms with van der Waals surface area (Å²) in [5.41, 5.74) is 0. The third kappa shape index (κ3) is 5.54. The van der Waals surface area contributed by atoms with Gasteiger partial charge in [0.2, 0.25) is 0 Å². The highest BCUT2D eigenvalue weighted by molar-refractivity contribution is 7.99. The predicted molar refractivity (Wildman–Crippen MR) is 94.7 cm³/mol. The summed E-state index contributed by atoms with van der Waals surface area (Å²) in [7, 11) is 3.64. The van der Waals surface area contributed by atoms with Crippen molar-refractivity contribution in [1.29, 1.82) is 0 Å². The van der Waals surface area contributed by atoms with Gasteiger partial charge in [-0.3, -0.25) is 4.99 Å². The third-order valence-electron chi connectivity index (χ3n) is 3.82. The third-order valence-corrected chi connectivity index (χ3v) is 4.91. The molecule has 1 heterocycles. The minimum absolute atomic E-state index is 0.636. The molecule has 0 aliphatic carbocycles. The number of nitrogens with one attached hydrogen (secondary N) is 1. The van der Waals surface area contributed by atoms with Gasteiger partial charge in [-0.05, 0) is 30.7 Å². The summed E-state index contributed by atoms with van der Waals surface area (Å²) >= 11 is 1.91. The number of benzene rings is 1. The van der Waals surface area contributed by atoms with E-state index in [4.69, 9.17) is 4.74 Å². The van der Waals surface area contributed by atoms with Gasteiger partial charge in [-0.2, -0.15) is 0 Å². The van der Waals surface area contributed by atoms with Crippen molar-refractivity contribution in [3.05, 3.63) is 30.3 Å². The molecule has 0 spiro atoms. The predicted octanol–water partition coefficient (Wildman–Crippen LogP) is 2.71. The fourth-order valence-corrected chi connectivity index (χ4v) is 3.58. The van der Waals surface area contributed by atoms with Crippen molar-refractivity contribution in [3.8, 4) is 0 Å². The highest BCUT2D eigenvalue weighted by Gasteiger charge is 2.24. The molecule has 1 aliphatic heterocycles. The first-order valence-electron chi connectivity index (χ1n) is 7.96. The maximum absolute atomic E-state index is 5.25. The maximum atomic E-state index is 5.25. The minimum atomic E-state index is 0.636. The van der Waals surface area contributed by atoms with Crippen molar-refractivity contribution in [2.75, 3.05) is 46.2 Å². The molecule has 4 nitrogen and oxygen atoms in total. The monoisotopic (exact) mass is 321 g/mol. The molecular formula is C17H27N3OS. The maximum Gasteiger partial charge on any atom is 0.193 e. The Labute approximate surface area is 138 Å². The number of hydrogen-bond donors (Lipinski definition) is 1. The summed E-state index contributed by atoms with van der Waals surface area (Å²) in [6, 6.07) is 10.6. The van der Waals surface area contributed by atoms with Crippen LogP contribution in [0.3, 0.4) is 0 Å². The van der Waals surface area contributed by atoms with E-state index in [9.17, 15) is 0 Å². The summed E-state index contributed by atoms with van der Waals surface area (Å²) in [4.78, 5) is 8.09. The van der Waals surface area contributed by atoms with Crippen LogP contribution in [-0.4, -0.2) is 57.0 Å². The molecule has 0 saturated carbocycles. The zero-order chi connectivity index (χ0) is 15.6. The van der Waals surface area contributed by atoms with Gasteiger partial charge in [-0.25, -0.2) is 0 Å². The number of methoxy groups -OCH3 is 1. The van der Waals surface area contributed by atoms with E-state index >= 15 is 0 Å². The Hall–Kier alpha value is -1.20. The molecule has 1 fully saturated rings. The molecule has 0 aromatic heterocycles. The SMILES string of the molecule is CN=C(NCCCSc1ccccc1)N1CCC(COC)C1. The van der Waals surface area contributed by atoms with Gasteiger partial charge < -0.3 is 15.0 Å². The summed E-state index contributed by atoms with van der Waals surface area (Å²) in [6.07, 6.45) is 2.33. The molecule has 1 atom stereocenters. The molecule has 122 valence electrons. The van der Waals surface area contributed by atoms with E-state index in [0.717, 1.165) is 44.4 Å². The van der Waals surface area contributed by atoms with Gasteiger partial charge >= 0.3 is 0 Å². The largest absolute Gasteiger partial charge is 0.384 e. The lowest BCUT2D eigenvalue weighted by atomic mass is 10.1. The van der Waals surface area contributed by atoms with E-state index in [0.29, 0.717) is 5.92 Å². The van der Waals surface area contributed by atoms with Crippen LogP contribution in [0.2, 0.25) is 0 Å². The van der Waals surface area contributed by atoms with Gasteiger partial charge in [0.1, 0.15) is 0 Å². The molecule has 1 aromatic rings. The van der Waals surface area contributed by atoms with E-state index < -0.39 is 0 Å². The lowest BCUT2D eigenvalue weighted by Crippen LogP contribution is -2.40. The number of ether oxygens (including phenoxy) is 1. The van der Waals surface area contributed by atoms with E-state index in [1.54, 1.807) is 7.11 Å². The standard InChI is InChI=1S/C17H27N3OS/c1-18-17(20-11-9-15(13-20)14-21-2)19-10-6-12-22-16-7-4-3-5-8-16/h3-5,7-8,15H,6,9-14H2,1-2H3,(H,18,19). The zero-order valence-corrected chi connectivity index (χ0v) is 14.4. The van der Waals surface area contributed by atoms with E-state index in [2.05, 4.69) is 45.5 Å². The highest BCUT2D eigenvalue weighted by Crippen LogP contribution is 2.18. The Balaban J connectivity index is 1.63. The molecule has 5 heteroatoms. The van der Waals surface area contributed by atoms with Gasteiger partial charge in [0.15, 0.2) is 5.96 Å². The van der Waals surface area contributed by atoms with E-state index in [1.165, 1.54) is 11.3 Å². The Kier molecular flexibility index (Phi) is 7.60. The molecule has 0 bridgehead atoms. The molecule has 0 amide bonds. The van der Waals surface area contributed by atoms with Crippen LogP contribution in [0.5, 0.6) is 0 Å². The first kappa shape index (κ1) is 17.2. The van der Waals surface area contributed by atoms with Gasteiger partial charge in [0, 0.05) is 44.6 Å². The second kappa shape index (κ2) is 9.74. The Morgan fingerprint density at radius 2 is 2.23 bits per heavy atom. The smallest absolute Gasteiger partial charge is 0.193 e. The highest BCUT2D eigenvalue weighted by atomic mass is 32.2. The Morgan fingerprint density at radius 1 is 1.41 bits per heavy atom. The second-order valence-corrected chi connectivity index (χ2v) is 6.71. The van der Waals surface area contributed by atoms with Gasteiger partial charge in [-0.15, -0.1) is 11.8 Å². The summed E-state index contributed by atoms with van der Waals surface area (Å²) in [5, 5.41) is 3.48. The summed E-state index contributed by atoms with van der Waals surface area (Å²) in [5.74, 6) is 2.79. The topological polar surface area (TPSA) is 36.9 Å². The molecule has 2 rings (SSSR count). The Morgan fingerprint density at radius 3 is 2.95 bits per heavy atom. The number of thioether (sulfide) groups is 1. The van der Waals surface area contributed by atoms with Crippen molar-refractivity contribution in [2.45, 2.75) is 17.7 Å². The lowest BCUT2D eigenvalue weighted by molar-refractivity contribution is 0.157. The van der Waals surface area contributed by atoms with Gasteiger partial charge in [0.05, 0.1) is 6.61 Å². The fourth-order valence-electron chi connectivity index (χ4n) is 2.71. The lowest BCUT2D eigenvalue weighted by Gasteiger charge is -2.21. The Bertz CT molecular complexity index is 452. The van der Waals surface area contributed by atoms with Crippen LogP contribution < -0.4 is 5.32 Å². The molecule has 1 saturated heterocycles. The fraction of sp³-hybridized carbons (Fsp3) is 0.588. The molecule has 1 aromatic carbocycles. The molecule has 1 N–H and O–H groups in total. The molecule has 0 radical (unpaired) electrons. The summed E-state index contributed by atoms with van der Waals surface area (Å²) in [6.45, 7) is 3.94. The average molecular weight is 321 g/mol. The van der Waals surface area contributed by atoms with Crippen LogP contribution in [0.1, 0.15) is 12.8 Å². The quantitative estimate of drug-likeness (QED) is 0.363. The van der Waals surface area contributed by atoms with Crippen LogP contribution in [0.15, 0.2) is 40.2 Å². The van der Waals surface area contributed by atoms with Crippen LogP contribution in [0.25, 0.3) is 0 Å². The van der Waals surface area contributed by atoms with E-state index in [-0.39, 0.29) is 0 Å².